The van der Waals surface area contributed by atoms with Crippen molar-refractivity contribution in [1.29, 1.82) is 0 Å². The number of hydrazone groups is 1. The Labute approximate surface area is 177 Å². The molecule has 1 amide bonds. The van der Waals surface area contributed by atoms with Crippen LogP contribution < -0.4 is 14.2 Å². The summed E-state index contributed by atoms with van der Waals surface area (Å²) >= 11 is 5.99. The van der Waals surface area contributed by atoms with Crippen LogP contribution in [0.1, 0.15) is 23.8 Å². The van der Waals surface area contributed by atoms with Crippen LogP contribution in [0.25, 0.3) is 0 Å². The van der Waals surface area contributed by atoms with Gasteiger partial charge in [0, 0.05) is 17.5 Å². The van der Waals surface area contributed by atoms with Crippen LogP contribution >= 0.6 is 11.6 Å². The summed E-state index contributed by atoms with van der Waals surface area (Å²) in [7, 11) is 0. The first-order valence-corrected chi connectivity index (χ1v) is 9.76. The summed E-state index contributed by atoms with van der Waals surface area (Å²) in [6, 6.07) is 15.9. The summed E-state index contributed by atoms with van der Waals surface area (Å²) in [6.45, 7) is 0.00671. The molecule has 1 atom stereocenters. The van der Waals surface area contributed by atoms with E-state index >= 15 is 0 Å². The van der Waals surface area contributed by atoms with Crippen molar-refractivity contribution in [3.63, 3.8) is 0 Å². The summed E-state index contributed by atoms with van der Waals surface area (Å²) in [4.78, 5) is 13.0. The molecule has 0 saturated heterocycles. The molecule has 0 N–H and O–H groups in total. The fraction of sp³-hybridized carbons (Fsp3) is 0.182. The molecule has 0 bridgehead atoms. The van der Waals surface area contributed by atoms with Crippen LogP contribution in [0.15, 0.2) is 70.4 Å². The maximum absolute atomic E-state index is 13.0. The molecule has 8 heteroatoms. The van der Waals surface area contributed by atoms with Gasteiger partial charge in [-0.3, -0.25) is 4.79 Å². The Morgan fingerprint density at radius 3 is 2.77 bits per heavy atom. The second-order valence-corrected chi connectivity index (χ2v) is 7.27. The normalized spacial score (nSPS) is 17.2. The molecule has 1 aromatic heterocycles. The van der Waals surface area contributed by atoms with Gasteiger partial charge in [0.15, 0.2) is 18.1 Å². The second kappa shape index (κ2) is 7.76. The largest absolute Gasteiger partial charge is 0.484 e. The molecule has 30 heavy (non-hydrogen) atoms. The maximum Gasteiger partial charge on any atom is 0.281 e. The van der Waals surface area contributed by atoms with E-state index in [2.05, 4.69) is 5.10 Å². The van der Waals surface area contributed by atoms with Gasteiger partial charge in [-0.05, 0) is 42.0 Å². The predicted octanol–water partition coefficient (Wildman–Crippen LogP) is 4.42. The molecule has 0 spiro atoms. The van der Waals surface area contributed by atoms with Gasteiger partial charge >= 0.3 is 0 Å². The van der Waals surface area contributed by atoms with Crippen LogP contribution in [-0.2, 0) is 4.79 Å². The smallest absolute Gasteiger partial charge is 0.281 e. The fourth-order valence-electron chi connectivity index (χ4n) is 3.44. The fourth-order valence-corrected chi connectivity index (χ4v) is 3.56. The summed E-state index contributed by atoms with van der Waals surface area (Å²) in [6.07, 6.45) is 2.12. The van der Waals surface area contributed by atoms with E-state index in [0.717, 1.165) is 11.3 Å². The molecule has 7 nitrogen and oxygen atoms in total. The molecule has 5 rings (SSSR count). The minimum absolute atomic E-state index is 0.172. The van der Waals surface area contributed by atoms with Crippen LogP contribution in [0, 0.1) is 0 Å². The number of nitrogens with zero attached hydrogens (tertiary/aromatic N) is 2. The van der Waals surface area contributed by atoms with Gasteiger partial charge in [-0.1, -0.05) is 23.7 Å². The lowest BCUT2D eigenvalue weighted by atomic mass is 10.0. The van der Waals surface area contributed by atoms with Crippen LogP contribution in [0.4, 0.5) is 0 Å². The van der Waals surface area contributed by atoms with E-state index in [1.807, 2.05) is 18.2 Å². The number of carbonyl (C=O) groups excluding carboxylic acids is 1. The maximum atomic E-state index is 13.0. The van der Waals surface area contributed by atoms with Gasteiger partial charge in [-0.25, -0.2) is 5.01 Å². The zero-order valence-corrected chi connectivity index (χ0v) is 16.5. The Kier molecular flexibility index (Phi) is 4.80. The Morgan fingerprint density at radius 2 is 1.97 bits per heavy atom. The Morgan fingerprint density at radius 1 is 1.13 bits per heavy atom. The van der Waals surface area contributed by atoms with Crippen molar-refractivity contribution < 1.29 is 23.4 Å². The molecule has 0 saturated carbocycles. The number of fused-ring (bicyclic) bond motifs is 1. The van der Waals surface area contributed by atoms with Crippen LogP contribution in [0.2, 0.25) is 5.02 Å². The molecular weight excluding hydrogens is 408 g/mol. The summed E-state index contributed by atoms with van der Waals surface area (Å²) in [5.74, 6) is 2.15. The van der Waals surface area contributed by atoms with Gasteiger partial charge < -0.3 is 18.6 Å². The Balaban J connectivity index is 1.35. The predicted molar refractivity (Wildman–Crippen MR) is 109 cm³/mol. The summed E-state index contributed by atoms with van der Waals surface area (Å²) in [5.41, 5.74) is 1.69. The number of hydrogen-bond acceptors (Lipinski definition) is 6. The highest BCUT2D eigenvalue weighted by Crippen LogP contribution is 2.36. The number of amides is 1. The average molecular weight is 425 g/mol. The third-order valence-corrected chi connectivity index (χ3v) is 5.17. The molecule has 3 heterocycles. The van der Waals surface area contributed by atoms with Crippen molar-refractivity contribution in [2.75, 3.05) is 13.4 Å². The quantitative estimate of drug-likeness (QED) is 0.606. The first-order chi connectivity index (χ1) is 14.7. The molecule has 2 aliphatic heterocycles. The molecule has 0 aliphatic carbocycles. The number of hydrogen-bond donors (Lipinski definition) is 0. The van der Waals surface area contributed by atoms with Crippen LogP contribution in [0.3, 0.4) is 0 Å². The van der Waals surface area contributed by atoms with E-state index in [4.69, 9.17) is 30.2 Å². The first kappa shape index (κ1) is 18.6. The van der Waals surface area contributed by atoms with Gasteiger partial charge in [0.2, 0.25) is 6.79 Å². The van der Waals surface area contributed by atoms with Crippen molar-refractivity contribution in [3.05, 3.63) is 77.2 Å². The van der Waals surface area contributed by atoms with Gasteiger partial charge in [0.25, 0.3) is 5.91 Å². The van der Waals surface area contributed by atoms with E-state index in [0.29, 0.717) is 34.5 Å². The van der Waals surface area contributed by atoms with Crippen molar-refractivity contribution in [2.24, 2.45) is 5.10 Å². The first-order valence-electron chi connectivity index (χ1n) is 9.39. The highest BCUT2D eigenvalue weighted by atomic mass is 35.5. The lowest BCUT2D eigenvalue weighted by Crippen LogP contribution is -2.31. The van der Waals surface area contributed by atoms with Gasteiger partial charge in [0.1, 0.15) is 17.6 Å². The highest BCUT2D eigenvalue weighted by Gasteiger charge is 2.35. The number of carbonyl (C=O) groups is 1. The molecule has 0 fully saturated rings. The monoisotopic (exact) mass is 424 g/mol. The van der Waals surface area contributed by atoms with E-state index in [1.54, 1.807) is 42.7 Å². The Bertz CT molecular complexity index is 1100. The van der Waals surface area contributed by atoms with Gasteiger partial charge in [-0.2, -0.15) is 5.10 Å². The minimum atomic E-state index is -0.335. The van der Waals surface area contributed by atoms with Crippen molar-refractivity contribution in [1.82, 2.24) is 5.01 Å². The average Bonchev–Trinajstić information content (AvgIpc) is 3.52. The second-order valence-electron chi connectivity index (χ2n) is 6.83. The molecule has 0 radical (unpaired) electrons. The molecule has 2 aliphatic rings. The number of ether oxygens (including phenoxy) is 3. The van der Waals surface area contributed by atoms with Crippen LogP contribution in [0.5, 0.6) is 17.2 Å². The molecular formula is C22H17ClN2O5. The lowest BCUT2D eigenvalue weighted by molar-refractivity contribution is -0.135. The zero-order chi connectivity index (χ0) is 20.5. The summed E-state index contributed by atoms with van der Waals surface area (Å²) in [5, 5.41) is 6.64. The van der Waals surface area contributed by atoms with E-state index < -0.39 is 0 Å². The summed E-state index contributed by atoms with van der Waals surface area (Å²) < 4.78 is 21.9. The van der Waals surface area contributed by atoms with E-state index in [-0.39, 0.29) is 25.3 Å². The van der Waals surface area contributed by atoms with Crippen molar-refractivity contribution >= 4 is 23.2 Å². The van der Waals surface area contributed by atoms with Gasteiger partial charge in [-0.15, -0.1) is 0 Å². The standard InChI is InChI=1S/C22H17ClN2O5/c23-15-5-3-14(4-6-15)17-11-18(19-2-1-9-27-19)25(24-17)22(26)12-28-16-7-8-20-21(10-16)30-13-29-20/h1-10,18H,11-13H2/t18-/m1/s1. The van der Waals surface area contributed by atoms with Gasteiger partial charge in [0.05, 0.1) is 12.0 Å². The molecule has 152 valence electrons. The number of rotatable bonds is 5. The number of halogens is 1. The SMILES string of the molecule is O=C(COc1ccc2c(c1)OCO2)N1N=C(c2ccc(Cl)cc2)C[C@@H]1c1ccco1. The third kappa shape index (κ3) is 3.59. The number of benzene rings is 2. The number of furan rings is 1. The van der Waals surface area contributed by atoms with E-state index in [9.17, 15) is 4.79 Å². The van der Waals surface area contributed by atoms with E-state index in [1.165, 1.54) is 5.01 Å². The Hall–Kier alpha value is -3.45. The third-order valence-electron chi connectivity index (χ3n) is 4.92. The van der Waals surface area contributed by atoms with Crippen molar-refractivity contribution in [3.8, 4) is 17.2 Å². The topological polar surface area (TPSA) is 73.5 Å². The molecule has 3 aromatic rings. The highest BCUT2D eigenvalue weighted by molar-refractivity contribution is 6.30. The van der Waals surface area contributed by atoms with Crippen molar-refractivity contribution in [2.45, 2.75) is 12.5 Å². The minimum Gasteiger partial charge on any atom is -0.484 e. The molecule has 0 unspecified atom stereocenters. The lowest BCUT2D eigenvalue weighted by Gasteiger charge is -2.20. The zero-order valence-electron chi connectivity index (χ0n) is 15.8. The van der Waals surface area contributed by atoms with Crippen LogP contribution in [-0.4, -0.2) is 30.0 Å². The molecule has 2 aromatic carbocycles.